The number of aromatic nitrogens is 3. The smallest absolute Gasteiger partial charge is 0.382 e. The number of rotatable bonds is 5. The van der Waals surface area contributed by atoms with Crippen LogP contribution < -0.4 is 10.6 Å². The zero-order valence-corrected chi connectivity index (χ0v) is 17.8. The van der Waals surface area contributed by atoms with Crippen molar-refractivity contribution >= 4 is 34.1 Å². The molecule has 1 aromatic carbocycles. The first-order valence-corrected chi connectivity index (χ1v) is 10.6. The number of hydrogen-bond donors (Lipinski definition) is 3. The van der Waals surface area contributed by atoms with Crippen molar-refractivity contribution in [3.8, 4) is 0 Å². The van der Waals surface area contributed by atoms with E-state index >= 15 is 0 Å². The predicted octanol–water partition coefficient (Wildman–Crippen LogP) is 5.72. The summed E-state index contributed by atoms with van der Waals surface area (Å²) in [5.41, 5.74) is -1.50. The molecule has 4 rings (SSSR count). The van der Waals surface area contributed by atoms with Crippen LogP contribution in [0.4, 0.5) is 27.6 Å². The fourth-order valence-corrected chi connectivity index (χ4v) is 4.22. The van der Waals surface area contributed by atoms with Gasteiger partial charge in [-0.05, 0) is 49.9 Å². The predicted molar refractivity (Wildman–Crippen MR) is 112 cm³/mol. The van der Waals surface area contributed by atoms with Crippen molar-refractivity contribution < 1.29 is 26.7 Å². The van der Waals surface area contributed by atoms with Crippen LogP contribution in [0, 0.1) is 0 Å². The monoisotopic (exact) mass is 487 g/mol. The molecule has 1 amide bonds. The van der Waals surface area contributed by atoms with Crippen LogP contribution in [-0.2, 0) is 6.18 Å². The standard InChI is InChI=1S/C21H19ClF5N5O/c22-10-4-5-15-13(6-10)16(8-17(31-15)21(25,26)27)29-11-2-1-3-12(7-11)30-20(33)14-9-28-32-18(14)19(23)24/h4-6,8-9,11-12,19H,1-3,7H2,(H,28,32)(H,29,31)(H,30,33)/t11?,12-/m1/s1. The molecular formula is C21H19ClF5N5O. The number of H-pyrrole nitrogens is 1. The molecule has 1 unspecified atom stereocenters. The summed E-state index contributed by atoms with van der Waals surface area (Å²) in [4.78, 5) is 16.2. The van der Waals surface area contributed by atoms with Crippen LogP contribution in [0.1, 0.15) is 53.9 Å². The minimum absolute atomic E-state index is 0.150. The van der Waals surface area contributed by atoms with E-state index in [1.807, 2.05) is 0 Å². The Kier molecular flexibility index (Phi) is 6.42. The first kappa shape index (κ1) is 23.2. The van der Waals surface area contributed by atoms with E-state index in [4.69, 9.17) is 11.6 Å². The molecule has 1 aliphatic carbocycles. The molecule has 0 bridgehead atoms. The molecule has 2 heterocycles. The van der Waals surface area contributed by atoms with Crippen LogP contribution in [0.3, 0.4) is 0 Å². The topological polar surface area (TPSA) is 82.7 Å². The average molecular weight is 488 g/mol. The van der Waals surface area contributed by atoms with Crippen LogP contribution in [0.2, 0.25) is 5.02 Å². The number of pyridine rings is 1. The van der Waals surface area contributed by atoms with Crippen LogP contribution >= 0.6 is 11.6 Å². The van der Waals surface area contributed by atoms with Crippen LogP contribution in [0.25, 0.3) is 10.9 Å². The minimum Gasteiger partial charge on any atom is -0.382 e. The van der Waals surface area contributed by atoms with E-state index in [1.165, 1.54) is 12.1 Å². The Labute approximate surface area is 189 Å². The Hall–Kier alpha value is -2.95. The molecule has 1 fully saturated rings. The normalized spacial score (nSPS) is 19.1. The third-order valence-electron chi connectivity index (χ3n) is 5.55. The van der Waals surface area contributed by atoms with Gasteiger partial charge < -0.3 is 10.6 Å². The van der Waals surface area contributed by atoms with E-state index in [2.05, 4.69) is 25.8 Å². The summed E-state index contributed by atoms with van der Waals surface area (Å²) in [6.07, 6.45) is -4.05. The van der Waals surface area contributed by atoms with Gasteiger partial charge in [0.1, 0.15) is 11.4 Å². The molecule has 6 nitrogen and oxygen atoms in total. The lowest BCUT2D eigenvalue weighted by Gasteiger charge is -2.31. The highest BCUT2D eigenvalue weighted by atomic mass is 35.5. The van der Waals surface area contributed by atoms with Crippen LogP contribution in [-0.4, -0.2) is 33.2 Å². The fraction of sp³-hybridized carbons (Fsp3) is 0.381. The van der Waals surface area contributed by atoms with Crippen molar-refractivity contribution in [3.63, 3.8) is 0 Å². The third-order valence-corrected chi connectivity index (χ3v) is 5.79. The van der Waals surface area contributed by atoms with Gasteiger partial charge in [-0.2, -0.15) is 18.3 Å². The second-order valence-corrected chi connectivity index (χ2v) is 8.31. The van der Waals surface area contributed by atoms with Gasteiger partial charge in [0.25, 0.3) is 12.3 Å². The highest BCUT2D eigenvalue weighted by Gasteiger charge is 2.34. The second kappa shape index (κ2) is 9.12. The molecule has 0 saturated heterocycles. The van der Waals surface area contributed by atoms with E-state index in [0.29, 0.717) is 36.1 Å². The zero-order valence-electron chi connectivity index (χ0n) is 17.0. The Bertz CT molecular complexity index is 1170. The van der Waals surface area contributed by atoms with E-state index < -0.39 is 29.9 Å². The number of alkyl halides is 5. The lowest BCUT2D eigenvalue weighted by molar-refractivity contribution is -0.140. The molecule has 3 aromatic rings. The van der Waals surface area contributed by atoms with Gasteiger partial charge >= 0.3 is 6.18 Å². The molecule has 3 N–H and O–H groups in total. The molecule has 0 aliphatic heterocycles. The largest absolute Gasteiger partial charge is 0.433 e. The number of carbonyl (C=O) groups is 1. The van der Waals surface area contributed by atoms with Gasteiger partial charge in [0.2, 0.25) is 0 Å². The molecule has 0 spiro atoms. The quantitative estimate of drug-likeness (QED) is 0.402. The van der Waals surface area contributed by atoms with Crippen molar-refractivity contribution in [2.24, 2.45) is 0 Å². The van der Waals surface area contributed by atoms with Gasteiger partial charge in [0, 0.05) is 34.4 Å². The number of nitrogens with one attached hydrogen (secondary N) is 3. The first-order chi connectivity index (χ1) is 15.6. The molecule has 2 aromatic heterocycles. The van der Waals surface area contributed by atoms with Gasteiger partial charge in [-0.3, -0.25) is 9.89 Å². The summed E-state index contributed by atoms with van der Waals surface area (Å²) in [6, 6.07) is 4.78. The van der Waals surface area contributed by atoms with E-state index in [0.717, 1.165) is 12.3 Å². The number of fused-ring (bicyclic) bond motifs is 1. The number of hydrogen-bond acceptors (Lipinski definition) is 4. The number of amides is 1. The SMILES string of the molecule is O=C(N[C@@H]1CCCC(Nc2cc(C(F)(F)F)nc3ccc(Cl)cc23)C1)c1c[nH]nc1C(F)F. The number of nitrogens with zero attached hydrogens (tertiary/aromatic N) is 2. The maximum Gasteiger partial charge on any atom is 0.433 e. The number of aromatic amines is 1. The first-order valence-electron chi connectivity index (χ1n) is 10.2. The maximum atomic E-state index is 13.4. The zero-order chi connectivity index (χ0) is 23.8. The van der Waals surface area contributed by atoms with Gasteiger partial charge in [0.15, 0.2) is 0 Å². The minimum atomic E-state index is -4.62. The maximum absolute atomic E-state index is 13.4. The lowest BCUT2D eigenvalue weighted by atomic mass is 9.90. The van der Waals surface area contributed by atoms with Gasteiger partial charge in [0.05, 0.1) is 11.1 Å². The summed E-state index contributed by atoms with van der Waals surface area (Å²) in [6.45, 7) is 0. The average Bonchev–Trinajstić information content (AvgIpc) is 3.24. The Morgan fingerprint density at radius 2 is 1.94 bits per heavy atom. The summed E-state index contributed by atoms with van der Waals surface area (Å²) in [5, 5.41) is 12.3. The highest BCUT2D eigenvalue weighted by molar-refractivity contribution is 6.31. The Morgan fingerprint density at radius 3 is 2.67 bits per heavy atom. The van der Waals surface area contributed by atoms with Gasteiger partial charge in [-0.15, -0.1) is 0 Å². The molecule has 1 saturated carbocycles. The molecule has 33 heavy (non-hydrogen) atoms. The molecule has 2 atom stereocenters. The lowest BCUT2D eigenvalue weighted by Crippen LogP contribution is -2.42. The fourth-order valence-electron chi connectivity index (χ4n) is 4.05. The summed E-state index contributed by atoms with van der Waals surface area (Å²) < 4.78 is 66.1. The second-order valence-electron chi connectivity index (χ2n) is 7.88. The molecule has 1 aliphatic rings. The van der Waals surface area contributed by atoms with Gasteiger partial charge in [-0.1, -0.05) is 11.6 Å². The van der Waals surface area contributed by atoms with Crippen molar-refractivity contribution in [3.05, 3.63) is 52.4 Å². The summed E-state index contributed by atoms with van der Waals surface area (Å²) >= 11 is 6.04. The van der Waals surface area contributed by atoms with Crippen LogP contribution in [0.15, 0.2) is 30.5 Å². The molecular weight excluding hydrogens is 469 g/mol. The summed E-state index contributed by atoms with van der Waals surface area (Å²) in [5.74, 6) is -0.676. The molecule has 12 heteroatoms. The summed E-state index contributed by atoms with van der Waals surface area (Å²) in [7, 11) is 0. The Morgan fingerprint density at radius 1 is 1.18 bits per heavy atom. The van der Waals surface area contributed by atoms with Gasteiger partial charge in [-0.25, -0.2) is 13.8 Å². The van der Waals surface area contributed by atoms with Crippen molar-refractivity contribution in [1.29, 1.82) is 0 Å². The molecule has 176 valence electrons. The van der Waals surface area contributed by atoms with E-state index in [1.54, 1.807) is 6.07 Å². The number of carbonyl (C=O) groups excluding carboxylic acids is 1. The Balaban J connectivity index is 1.53. The van der Waals surface area contributed by atoms with Crippen molar-refractivity contribution in [2.45, 2.75) is 50.4 Å². The number of benzene rings is 1. The highest BCUT2D eigenvalue weighted by Crippen LogP contribution is 2.35. The molecule has 0 radical (unpaired) electrons. The number of halogens is 6. The van der Waals surface area contributed by atoms with E-state index in [9.17, 15) is 26.7 Å². The van der Waals surface area contributed by atoms with Crippen molar-refractivity contribution in [1.82, 2.24) is 20.5 Å². The third kappa shape index (κ3) is 5.18. The van der Waals surface area contributed by atoms with E-state index in [-0.39, 0.29) is 28.9 Å². The van der Waals surface area contributed by atoms with Crippen LogP contribution in [0.5, 0.6) is 0 Å². The van der Waals surface area contributed by atoms with Crippen molar-refractivity contribution in [2.75, 3.05) is 5.32 Å². The number of anilines is 1.